The van der Waals surface area contributed by atoms with Crippen molar-refractivity contribution >= 4 is 54.7 Å². The average Bonchev–Trinajstić information content (AvgIpc) is 3.84. The number of rotatable bonds is 7. The van der Waals surface area contributed by atoms with E-state index in [1.165, 1.54) is 10.9 Å². The van der Waals surface area contributed by atoms with E-state index in [-0.39, 0.29) is 22.7 Å². The zero-order valence-electron chi connectivity index (χ0n) is 29.7. The molecular weight excluding hydrogens is 816 g/mol. The second-order valence-electron chi connectivity index (χ2n) is 13.3. The largest absolute Gasteiger partial charge is 0.472 e. The zero-order valence-corrected chi connectivity index (χ0v) is 32.3. The van der Waals surface area contributed by atoms with Gasteiger partial charge in [0.15, 0.2) is 42.0 Å². The van der Waals surface area contributed by atoms with Crippen molar-refractivity contribution in [1.82, 2.24) is 24.4 Å². The van der Waals surface area contributed by atoms with E-state index in [1.807, 2.05) is 31.2 Å². The highest BCUT2D eigenvalue weighted by Gasteiger charge is 2.56. The molecule has 8 rings (SSSR count). The van der Waals surface area contributed by atoms with Gasteiger partial charge in [-0.05, 0) is 54.2 Å². The first-order valence-electron chi connectivity index (χ1n) is 17.4. The summed E-state index contributed by atoms with van der Waals surface area (Å²) in [6, 6.07) is 14.3. The predicted molar refractivity (Wildman–Crippen MR) is 196 cm³/mol. The maximum atomic E-state index is 16.5. The van der Waals surface area contributed by atoms with Crippen LogP contribution >= 0.6 is 26.0 Å². The van der Waals surface area contributed by atoms with Crippen LogP contribution in [0.2, 0.25) is 0 Å². The number of phosphoric ester groups is 1. The van der Waals surface area contributed by atoms with Crippen LogP contribution in [0.3, 0.4) is 0 Å². The predicted octanol–water partition coefficient (Wildman–Crippen LogP) is 5.08. The third-order valence-electron chi connectivity index (χ3n) is 9.37. The van der Waals surface area contributed by atoms with Crippen LogP contribution in [0.5, 0.6) is 11.5 Å². The number of amides is 1. The van der Waals surface area contributed by atoms with Crippen molar-refractivity contribution in [2.45, 2.75) is 68.3 Å². The lowest BCUT2D eigenvalue weighted by molar-refractivity contribution is -0.148. The van der Waals surface area contributed by atoms with Gasteiger partial charge in [0.1, 0.15) is 47.8 Å². The minimum Gasteiger partial charge on any atom is -0.457 e. The van der Waals surface area contributed by atoms with Gasteiger partial charge >= 0.3 is 14.6 Å². The summed E-state index contributed by atoms with van der Waals surface area (Å²) in [5.74, 6) is -0.205. The Morgan fingerprint density at radius 1 is 0.912 bits per heavy atom. The molecule has 4 aliphatic heterocycles. The Balaban J connectivity index is 1.10. The first-order chi connectivity index (χ1) is 27.3. The number of halogens is 2. The van der Waals surface area contributed by atoms with Gasteiger partial charge in [0.2, 0.25) is 5.91 Å². The summed E-state index contributed by atoms with van der Waals surface area (Å²) in [5, 5.41) is 0. The number of nitrogens with two attached hydrogens (primary N) is 1. The van der Waals surface area contributed by atoms with Gasteiger partial charge in [-0.2, -0.15) is 0 Å². The van der Waals surface area contributed by atoms with Crippen molar-refractivity contribution in [2.24, 2.45) is 0 Å². The van der Waals surface area contributed by atoms with Gasteiger partial charge in [-0.3, -0.25) is 37.2 Å². The number of benzene rings is 2. The normalized spacial score (nSPS) is 33.4. The van der Waals surface area contributed by atoms with Crippen molar-refractivity contribution in [2.75, 3.05) is 18.9 Å². The highest BCUT2D eigenvalue weighted by atomic mass is 32.7. The standard InChI is InChI=1S/C34H34F2N6O12P2S/c1-18-2-6-21(7-3-18)50-22-8-4-19(5-9-22)15-57-56(47)49-14-24-26(35)29(33(51-24)41-11-10-20(43)12-25(41)44)53-55(45,46)48-13-23-27(36)30(54-56)34(52-23)42-17-40-28-31(37)38-16-39-32(28)42/h2-11,16-17,23-24,26-27,29-30,33-34H,12-15H2,1H3,(H,45,46)(H2,37,38,39)/t23-,24-,26-,27-,29-,30-,33-,34-,56?/m1/s1. The number of allylic oxidation sites excluding steroid dienone is 1. The van der Waals surface area contributed by atoms with Crippen molar-refractivity contribution in [3.63, 3.8) is 0 Å². The maximum absolute atomic E-state index is 16.5. The van der Waals surface area contributed by atoms with Crippen molar-refractivity contribution < 1.29 is 64.7 Å². The Morgan fingerprint density at radius 3 is 2.26 bits per heavy atom. The molecule has 0 aliphatic carbocycles. The Kier molecular flexibility index (Phi) is 11.1. The summed E-state index contributed by atoms with van der Waals surface area (Å²) in [7, 11) is -5.25. The molecule has 4 aromatic rings. The summed E-state index contributed by atoms with van der Waals surface area (Å²) < 4.78 is 102. The molecule has 10 atom stereocenters. The summed E-state index contributed by atoms with van der Waals surface area (Å²) >= 11 is 0.665. The van der Waals surface area contributed by atoms with E-state index < -0.39 is 95.2 Å². The molecular formula is C34H34F2N6O12P2S. The van der Waals surface area contributed by atoms with Crippen LogP contribution < -0.4 is 10.5 Å². The molecule has 0 radical (unpaired) electrons. The summed E-state index contributed by atoms with van der Waals surface area (Å²) in [6.07, 6.45) is -10.9. The maximum Gasteiger partial charge on any atom is 0.472 e. The van der Waals surface area contributed by atoms with Gasteiger partial charge in [0.05, 0.1) is 26.0 Å². The number of imidazole rings is 1. The van der Waals surface area contributed by atoms with E-state index in [0.29, 0.717) is 28.4 Å². The van der Waals surface area contributed by atoms with E-state index >= 15 is 8.78 Å². The van der Waals surface area contributed by atoms with Crippen LogP contribution in [-0.4, -0.2) is 97.2 Å². The number of carbonyl (C=O) groups excluding carboxylic acids is 2. The van der Waals surface area contributed by atoms with Crippen LogP contribution in [0, 0.1) is 6.92 Å². The van der Waals surface area contributed by atoms with E-state index in [9.17, 15) is 23.6 Å². The third-order valence-corrected chi connectivity index (χ3v) is 14.0. The average molecular weight is 851 g/mol. The minimum atomic E-state index is -5.25. The molecule has 2 aromatic heterocycles. The second-order valence-corrected chi connectivity index (χ2v) is 18.8. The molecule has 0 saturated carbocycles. The van der Waals surface area contributed by atoms with Crippen molar-refractivity contribution in [1.29, 1.82) is 0 Å². The van der Waals surface area contributed by atoms with Crippen LogP contribution in [-0.2, 0) is 52.0 Å². The SMILES string of the molecule is Cc1ccc(Oc2ccc(CSP3(=O)OC[C@H]4O[C@@H](N5C=CC(=O)CC5=O)[C@H](OP(=O)(O)OC[C@H]5O[C@@H](n6cnc7c(N)ncnc76)[C@H](O3)[C@@H]5F)[C@@H]4F)cc2)cc1. The Hall–Kier alpha value is -4.14. The fourth-order valence-electron chi connectivity index (χ4n) is 6.47. The molecule has 302 valence electrons. The second kappa shape index (κ2) is 15.9. The van der Waals surface area contributed by atoms with E-state index in [4.69, 9.17) is 38.0 Å². The van der Waals surface area contributed by atoms with Crippen molar-refractivity contribution in [3.05, 3.63) is 84.6 Å². The van der Waals surface area contributed by atoms with E-state index in [2.05, 4.69) is 15.0 Å². The first-order valence-corrected chi connectivity index (χ1v) is 22.0. The number of aryl methyl sites for hydroxylation is 1. The van der Waals surface area contributed by atoms with Gasteiger partial charge in [-0.15, -0.1) is 0 Å². The van der Waals surface area contributed by atoms with Gasteiger partial charge in [-0.1, -0.05) is 29.8 Å². The van der Waals surface area contributed by atoms with Gasteiger partial charge in [-0.25, -0.2) is 32.9 Å². The van der Waals surface area contributed by atoms with E-state index in [1.54, 1.807) is 24.3 Å². The smallest absolute Gasteiger partial charge is 0.457 e. The molecule has 23 heteroatoms. The number of alkyl halides is 2. The fraction of sp³-hybridized carbons (Fsp3) is 0.382. The summed E-state index contributed by atoms with van der Waals surface area (Å²) in [5.41, 5.74) is 7.90. The molecule has 18 nitrogen and oxygen atoms in total. The first kappa shape index (κ1) is 39.7. The van der Waals surface area contributed by atoms with Crippen LogP contribution in [0.25, 0.3) is 11.2 Å². The number of phosphoric acid groups is 1. The van der Waals surface area contributed by atoms with Gasteiger partial charge < -0.3 is 24.8 Å². The molecule has 6 heterocycles. The molecule has 1 amide bonds. The topological polar surface area (TPSA) is 226 Å². The highest BCUT2D eigenvalue weighted by Crippen LogP contribution is 2.65. The molecule has 4 bridgehead atoms. The Morgan fingerprint density at radius 2 is 1.56 bits per heavy atom. The number of nitrogen functional groups attached to an aromatic ring is 1. The lowest BCUT2D eigenvalue weighted by atomic mass is 10.1. The van der Waals surface area contributed by atoms with Crippen LogP contribution in [0.4, 0.5) is 14.6 Å². The highest BCUT2D eigenvalue weighted by molar-refractivity contribution is 8.54. The Labute approximate surface area is 326 Å². The number of hydrogen-bond donors (Lipinski definition) is 2. The Bertz CT molecular complexity index is 2290. The fourth-order valence-corrected chi connectivity index (χ4v) is 10.8. The zero-order chi connectivity index (χ0) is 40.1. The number of hydrogen-bond acceptors (Lipinski definition) is 16. The van der Waals surface area contributed by atoms with Crippen molar-refractivity contribution in [3.8, 4) is 11.5 Å². The van der Waals surface area contributed by atoms with Crippen LogP contribution in [0.1, 0.15) is 23.8 Å². The van der Waals surface area contributed by atoms with E-state index in [0.717, 1.165) is 29.1 Å². The molecule has 4 aliphatic rings. The lowest BCUT2D eigenvalue weighted by Gasteiger charge is -2.31. The molecule has 0 spiro atoms. The molecule has 3 saturated heterocycles. The summed E-state index contributed by atoms with van der Waals surface area (Å²) in [4.78, 5) is 48.5. The molecule has 57 heavy (non-hydrogen) atoms. The third kappa shape index (κ3) is 8.40. The van der Waals surface area contributed by atoms with Crippen LogP contribution in [0.15, 0.2) is 73.5 Å². The minimum absolute atomic E-state index is 0.00461. The molecule has 3 fully saturated rings. The quantitative estimate of drug-likeness (QED) is 0.183. The molecule has 2 aromatic carbocycles. The monoisotopic (exact) mass is 850 g/mol. The number of ketones is 1. The van der Waals surface area contributed by atoms with Gasteiger partial charge in [0, 0.05) is 12.0 Å². The number of ether oxygens (including phenoxy) is 3. The number of anilines is 1. The lowest BCUT2D eigenvalue weighted by Crippen LogP contribution is -2.46. The number of aromatic nitrogens is 4. The molecule has 2 unspecified atom stereocenters. The van der Waals surface area contributed by atoms with Gasteiger partial charge in [0.25, 0.3) is 0 Å². The number of carbonyl (C=O) groups is 2. The summed E-state index contributed by atoms with van der Waals surface area (Å²) in [6.45, 7) is -4.39. The molecule has 3 N–H and O–H groups in total. The number of fused-ring (bicyclic) bond motifs is 5. The number of nitrogens with zero attached hydrogens (tertiary/aromatic N) is 5.